The Hall–Kier alpha value is -1.70. The Labute approximate surface area is 126 Å². The second kappa shape index (κ2) is 5.69. The molecule has 1 aromatic carbocycles. The first-order chi connectivity index (χ1) is 10.4. The third-order valence-corrected chi connectivity index (χ3v) is 2.87. The van der Waals surface area contributed by atoms with Gasteiger partial charge in [0.25, 0.3) is 0 Å². The Morgan fingerprint density at radius 1 is 0.750 bits per heavy atom. The molecule has 0 aliphatic rings. The Bertz CT molecular complexity index is 625. The van der Waals surface area contributed by atoms with E-state index in [0.717, 1.165) is 0 Å². The lowest BCUT2D eigenvalue weighted by molar-refractivity contribution is -0.290. The summed E-state index contributed by atoms with van der Waals surface area (Å²) in [6.07, 6.45) is -12.6. The summed E-state index contributed by atoms with van der Waals surface area (Å²) in [5, 5.41) is 17.6. The molecular weight excluding hydrogens is 367 g/mol. The van der Waals surface area contributed by atoms with Gasteiger partial charge >= 0.3 is 31.3 Å². The second-order valence-electron chi connectivity index (χ2n) is 4.55. The van der Waals surface area contributed by atoms with Crippen molar-refractivity contribution in [3.8, 4) is 0 Å². The van der Waals surface area contributed by atoms with E-state index in [1.165, 1.54) is 0 Å². The molecule has 136 valence electrons. The Morgan fingerprint density at radius 3 is 1.50 bits per heavy atom. The van der Waals surface area contributed by atoms with E-state index in [4.69, 9.17) is 15.8 Å². The normalized spacial score (nSPS) is 14.0. The minimum Gasteiger partial charge on any atom is -0.423 e. The van der Waals surface area contributed by atoms with E-state index in [9.17, 15) is 43.9 Å². The minimum absolute atomic E-state index is 0.436. The van der Waals surface area contributed by atoms with Gasteiger partial charge in [0.2, 0.25) is 0 Å². The number of rotatable bonds is 3. The predicted molar refractivity (Wildman–Crippen MR) is 60.6 cm³/mol. The molecule has 0 aliphatic carbocycles. The summed E-state index contributed by atoms with van der Waals surface area (Å²) >= 11 is 0. The molecular formula is C10H6BF10NO2. The molecule has 0 saturated carbocycles. The highest BCUT2D eigenvalue weighted by Gasteiger charge is 2.62. The molecule has 4 N–H and O–H groups in total. The van der Waals surface area contributed by atoms with E-state index in [0.29, 0.717) is 0 Å². The van der Waals surface area contributed by atoms with Gasteiger partial charge in [-0.1, -0.05) is 6.07 Å². The molecule has 0 amide bonds. The van der Waals surface area contributed by atoms with Crippen LogP contribution < -0.4 is 11.2 Å². The van der Waals surface area contributed by atoms with Crippen molar-refractivity contribution >= 4 is 18.3 Å². The van der Waals surface area contributed by atoms with Gasteiger partial charge in [-0.05, 0) is 11.5 Å². The first-order valence-electron chi connectivity index (χ1n) is 5.64. The highest BCUT2D eigenvalue weighted by atomic mass is 19.4. The van der Waals surface area contributed by atoms with Gasteiger partial charge in [-0.3, -0.25) is 0 Å². The smallest absolute Gasteiger partial charge is 0.423 e. The van der Waals surface area contributed by atoms with Crippen LogP contribution in [-0.2, 0) is 11.8 Å². The lowest BCUT2D eigenvalue weighted by atomic mass is 9.73. The van der Waals surface area contributed by atoms with Crippen molar-refractivity contribution in [1.82, 2.24) is 0 Å². The lowest BCUT2D eigenvalue weighted by Gasteiger charge is -2.26. The number of benzene rings is 1. The lowest BCUT2D eigenvalue weighted by Crippen LogP contribution is -2.45. The van der Waals surface area contributed by atoms with Crippen LogP contribution in [-0.4, -0.2) is 29.5 Å². The molecule has 0 aliphatic heterocycles. The van der Waals surface area contributed by atoms with Crippen LogP contribution >= 0.6 is 0 Å². The second-order valence-corrected chi connectivity index (χ2v) is 4.55. The van der Waals surface area contributed by atoms with Crippen LogP contribution in [0.5, 0.6) is 0 Å². The summed E-state index contributed by atoms with van der Waals surface area (Å²) in [5.41, 5.74) is -3.43. The van der Waals surface area contributed by atoms with Crippen molar-refractivity contribution in [3.63, 3.8) is 0 Å². The van der Waals surface area contributed by atoms with Crippen LogP contribution in [0.25, 0.3) is 0 Å². The largest absolute Gasteiger partial charge is 0.489 e. The molecule has 24 heavy (non-hydrogen) atoms. The first kappa shape index (κ1) is 20.3. The Kier molecular flexibility index (Phi) is 4.82. The maximum atomic E-state index is 13.4. The fourth-order valence-corrected chi connectivity index (χ4v) is 1.74. The van der Waals surface area contributed by atoms with Crippen LogP contribution in [0.1, 0.15) is 11.1 Å². The molecule has 0 bridgehead atoms. The van der Waals surface area contributed by atoms with Gasteiger partial charge < -0.3 is 15.8 Å². The summed E-state index contributed by atoms with van der Waals surface area (Å²) in [6.45, 7) is 0. The Morgan fingerprint density at radius 2 is 1.17 bits per heavy atom. The standard InChI is InChI=1S/C10H6BF10NO2/c12-7(13,9(16,17)18)3-1-4(11(23)24)6(5(22)2-3)8(14,15)10(19,20)21/h1-2,23-24H,22H2. The van der Waals surface area contributed by atoms with E-state index in [1.807, 2.05) is 0 Å². The number of hydrogen-bond acceptors (Lipinski definition) is 3. The van der Waals surface area contributed by atoms with Crippen LogP contribution in [0.2, 0.25) is 0 Å². The zero-order valence-corrected chi connectivity index (χ0v) is 11.0. The average Bonchev–Trinajstić information content (AvgIpc) is 2.34. The number of hydrogen-bond donors (Lipinski definition) is 3. The molecule has 0 atom stereocenters. The molecule has 1 aromatic rings. The SMILES string of the molecule is Nc1cc(C(F)(F)C(F)(F)F)cc(B(O)O)c1C(F)(F)C(F)(F)F. The number of nitrogens with two attached hydrogens (primary N) is 1. The van der Waals surface area contributed by atoms with E-state index >= 15 is 0 Å². The van der Waals surface area contributed by atoms with Crippen molar-refractivity contribution in [2.45, 2.75) is 24.2 Å². The quantitative estimate of drug-likeness (QED) is 0.433. The van der Waals surface area contributed by atoms with Crippen LogP contribution in [0, 0.1) is 0 Å². The van der Waals surface area contributed by atoms with Crippen molar-refractivity contribution in [3.05, 3.63) is 23.3 Å². The maximum Gasteiger partial charge on any atom is 0.489 e. The molecule has 1 rings (SSSR count). The fraction of sp³-hybridized carbons (Fsp3) is 0.400. The van der Waals surface area contributed by atoms with Crippen LogP contribution in [0.15, 0.2) is 12.1 Å². The Balaban J connectivity index is 3.76. The van der Waals surface area contributed by atoms with Crippen molar-refractivity contribution in [2.24, 2.45) is 0 Å². The number of halogens is 10. The van der Waals surface area contributed by atoms with Gasteiger partial charge in [-0.2, -0.15) is 43.9 Å². The molecule has 0 fully saturated rings. The zero-order valence-electron chi connectivity index (χ0n) is 11.0. The first-order valence-corrected chi connectivity index (χ1v) is 5.64. The zero-order chi connectivity index (χ0) is 19.3. The molecule has 0 saturated heterocycles. The van der Waals surface area contributed by atoms with Gasteiger partial charge in [0.15, 0.2) is 0 Å². The van der Waals surface area contributed by atoms with Crippen molar-refractivity contribution < 1.29 is 54.0 Å². The van der Waals surface area contributed by atoms with Gasteiger partial charge in [0.1, 0.15) is 0 Å². The number of nitrogen functional groups attached to an aromatic ring is 1. The number of anilines is 1. The highest BCUT2D eigenvalue weighted by Crippen LogP contribution is 2.48. The summed E-state index contributed by atoms with van der Waals surface area (Å²) in [5.74, 6) is -11.5. The molecule has 0 heterocycles. The van der Waals surface area contributed by atoms with E-state index in [-0.39, 0.29) is 0 Å². The van der Waals surface area contributed by atoms with Gasteiger partial charge in [-0.15, -0.1) is 0 Å². The average molecular weight is 373 g/mol. The molecule has 0 aromatic heterocycles. The topological polar surface area (TPSA) is 66.5 Å². The van der Waals surface area contributed by atoms with E-state index < -0.39 is 65.7 Å². The van der Waals surface area contributed by atoms with Crippen molar-refractivity contribution in [2.75, 3.05) is 5.73 Å². The van der Waals surface area contributed by atoms with Gasteiger partial charge in [0.05, 0.1) is 5.56 Å². The molecule has 14 heteroatoms. The summed E-state index contributed by atoms with van der Waals surface area (Å²) in [7, 11) is -3.22. The van der Waals surface area contributed by atoms with Crippen LogP contribution in [0.3, 0.4) is 0 Å². The summed E-state index contributed by atoms with van der Waals surface area (Å²) < 4.78 is 127. The number of alkyl halides is 10. The van der Waals surface area contributed by atoms with Crippen LogP contribution in [0.4, 0.5) is 49.6 Å². The third kappa shape index (κ3) is 3.24. The molecule has 0 radical (unpaired) electrons. The predicted octanol–water partition coefficient (Wildman–Crippen LogP) is 2.26. The monoisotopic (exact) mass is 373 g/mol. The van der Waals surface area contributed by atoms with Crippen molar-refractivity contribution in [1.29, 1.82) is 0 Å². The van der Waals surface area contributed by atoms with Gasteiger partial charge in [0, 0.05) is 11.3 Å². The fourth-order valence-electron chi connectivity index (χ4n) is 1.74. The minimum atomic E-state index is -6.32. The molecule has 3 nitrogen and oxygen atoms in total. The highest BCUT2D eigenvalue weighted by molar-refractivity contribution is 6.59. The summed E-state index contributed by atoms with van der Waals surface area (Å²) in [4.78, 5) is 0. The molecule has 0 unspecified atom stereocenters. The van der Waals surface area contributed by atoms with E-state index in [1.54, 1.807) is 0 Å². The van der Waals surface area contributed by atoms with E-state index in [2.05, 4.69) is 0 Å². The maximum absolute atomic E-state index is 13.4. The third-order valence-electron chi connectivity index (χ3n) is 2.87. The van der Waals surface area contributed by atoms with Gasteiger partial charge in [-0.25, -0.2) is 0 Å². The molecule has 0 spiro atoms. The summed E-state index contributed by atoms with van der Waals surface area (Å²) in [6, 6.07) is -0.960.